The molecule has 0 heterocycles. The smallest absolute Gasteiger partial charge is 0.269 e. The lowest BCUT2D eigenvalue weighted by atomic mass is 9.83. The van der Waals surface area contributed by atoms with Crippen LogP contribution in [0, 0.1) is 23.0 Å². The van der Waals surface area contributed by atoms with E-state index < -0.39 is 11.0 Å². The number of aryl methyl sites for hydroxylation is 1. The second kappa shape index (κ2) is 12.6. The number of carbonyl (C=O) groups excluding carboxylic acids is 2. The van der Waals surface area contributed by atoms with Gasteiger partial charge in [0.05, 0.1) is 19.1 Å². The molecule has 3 aromatic rings. The summed E-state index contributed by atoms with van der Waals surface area (Å²) in [5.74, 6) is 0.700. The number of Topliss-reactive ketones (excluding diaryl/α,β-unsaturated/α-hetero) is 1. The van der Waals surface area contributed by atoms with Gasteiger partial charge in [-0.25, -0.2) is 0 Å². The Morgan fingerprint density at radius 3 is 2.23 bits per heavy atom. The van der Waals surface area contributed by atoms with Crippen molar-refractivity contribution >= 4 is 23.1 Å². The van der Waals surface area contributed by atoms with E-state index in [4.69, 9.17) is 9.47 Å². The van der Waals surface area contributed by atoms with Crippen LogP contribution in [-0.2, 0) is 4.79 Å². The van der Waals surface area contributed by atoms with E-state index in [9.17, 15) is 19.7 Å². The van der Waals surface area contributed by atoms with Gasteiger partial charge in [0.15, 0.2) is 17.3 Å². The molecular formula is C31H34N2O6. The molecule has 0 aliphatic heterocycles. The zero-order valence-corrected chi connectivity index (χ0v) is 22.6. The molecule has 1 aliphatic rings. The van der Waals surface area contributed by atoms with Gasteiger partial charge in [-0.2, -0.15) is 0 Å². The topological polar surface area (TPSA) is 99.0 Å². The van der Waals surface area contributed by atoms with Crippen LogP contribution in [0.25, 0.3) is 0 Å². The summed E-state index contributed by atoms with van der Waals surface area (Å²) < 4.78 is 10.9. The summed E-state index contributed by atoms with van der Waals surface area (Å²) >= 11 is 0. The van der Waals surface area contributed by atoms with Gasteiger partial charge in [-0.1, -0.05) is 50.3 Å². The maximum Gasteiger partial charge on any atom is 0.269 e. The number of hydrogen-bond acceptors (Lipinski definition) is 6. The van der Waals surface area contributed by atoms with E-state index in [1.807, 2.05) is 19.1 Å². The normalized spacial score (nSPS) is 14.3. The summed E-state index contributed by atoms with van der Waals surface area (Å²) in [4.78, 5) is 40.8. The highest BCUT2D eigenvalue weighted by Crippen LogP contribution is 2.39. The van der Waals surface area contributed by atoms with Gasteiger partial charge in [0.2, 0.25) is 0 Å². The van der Waals surface area contributed by atoms with Gasteiger partial charge in [-0.3, -0.25) is 24.6 Å². The van der Waals surface area contributed by atoms with Crippen LogP contribution in [0.15, 0.2) is 66.7 Å². The summed E-state index contributed by atoms with van der Waals surface area (Å²) in [5.41, 5.74) is 2.12. The van der Waals surface area contributed by atoms with Crippen LogP contribution in [0.3, 0.4) is 0 Å². The Morgan fingerprint density at radius 2 is 1.62 bits per heavy atom. The second-order valence-electron chi connectivity index (χ2n) is 9.96. The fourth-order valence-corrected chi connectivity index (χ4v) is 5.35. The molecule has 3 aromatic carbocycles. The third-order valence-electron chi connectivity index (χ3n) is 7.44. The molecule has 1 aliphatic carbocycles. The largest absolute Gasteiger partial charge is 0.493 e. The summed E-state index contributed by atoms with van der Waals surface area (Å²) in [6, 6.07) is 17.2. The third kappa shape index (κ3) is 6.28. The van der Waals surface area contributed by atoms with Gasteiger partial charge in [-0.15, -0.1) is 0 Å². The molecule has 8 heteroatoms. The van der Waals surface area contributed by atoms with Crippen molar-refractivity contribution in [3.63, 3.8) is 0 Å². The average molecular weight is 531 g/mol. The van der Waals surface area contributed by atoms with E-state index in [1.165, 1.54) is 37.7 Å². The van der Waals surface area contributed by atoms with Crippen LogP contribution in [0.5, 0.6) is 11.5 Å². The minimum atomic E-state index is -0.988. The van der Waals surface area contributed by atoms with E-state index in [0.717, 1.165) is 31.2 Å². The first-order valence-electron chi connectivity index (χ1n) is 13.2. The molecular weight excluding hydrogens is 496 g/mol. The van der Waals surface area contributed by atoms with E-state index in [0.29, 0.717) is 34.7 Å². The number of carbonyl (C=O) groups is 2. The minimum absolute atomic E-state index is 0.0832. The van der Waals surface area contributed by atoms with Gasteiger partial charge in [0, 0.05) is 35.9 Å². The van der Waals surface area contributed by atoms with Crippen molar-refractivity contribution in [3.8, 4) is 11.5 Å². The molecule has 1 unspecified atom stereocenters. The van der Waals surface area contributed by atoms with E-state index in [-0.39, 0.29) is 23.3 Å². The van der Waals surface area contributed by atoms with Crippen LogP contribution in [-0.4, -0.2) is 30.8 Å². The average Bonchev–Trinajstić information content (AvgIpc) is 2.96. The lowest BCUT2D eigenvalue weighted by Crippen LogP contribution is -2.40. The molecule has 0 aromatic heterocycles. The van der Waals surface area contributed by atoms with Crippen molar-refractivity contribution in [2.75, 3.05) is 19.1 Å². The van der Waals surface area contributed by atoms with Crippen molar-refractivity contribution in [3.05, 3.63) is 93.5 Å². The molecule has 1 saturated carbocycles. The summed E-state index contributed by atoms with van der Waals surface area (Å²) in [5, 5.41) is 11.3. The van der Waals surface area contributed by atoms with Crippen molar-refractivity contribution in [2.45, 2.75) is 51.5 Å². The Labute approximate surface area is 228 Å². The fraction of sp³-hybridized carbons (Fsp3) is 0.355. The number of non-ortho nitro benzene ring substituents is 1. The number of ether oxygens (including phenoxy) is 2. The van der Waals surface area contributed by atoms with Crippen LogP contribution in [0.4, 0.5) is 11.4 Å². The first-order chi connectivity index (χ1) is 18.8. The summed E-state index contributed by atoms with van der Waals surface area (Å²) in [7, 11) is 3.04. The van der Waals surface area contributed by atoms with Gasteiger partial charge >= 0.3 is 0 Å². The van der Waals surface area contributed by atoms with Gasteiger partial charge < -0.3 is 9.47 Å². The SMILES string of the molecule is COc1ccc(N(C(=O)c2ccccc2C)C(C(=O)CC2CCCCC2)c2ccc([N+](=O)[O-])cc2)cc1OC. The summed E-state index contributed by atoms with van der Waals surface area (Å²) in [6.45, 7) is 1.85. The number of methoxy groups -OCH3 is 2. The summed E-state index contributed by atoms with van der Waals surface area (Å²) in [6.07, 6.45) is 5.61. The van der Waals surface area contributed by atoms with Crippen LogP contribution < -0.4 is 14.4 Å². The molecule has 0 N–H and O–H groups in total. The number of nitro benzene ring substituents is 1. The Bertz CT molecular complexity index is 1330. The monoisotopic (exact) mass is 530 g/mol. The zero-order chi connectivity index (χ0) is 27.9. The minimum Gasteiger partial charge on any atom is -0.493 e. The highest BCUT2D eigenvalue weighted by atomic mass is 16.6. The van der Waals surface area contributed by atoms with Crippen LogP contribution >= 0.6 is 0 Å². The lowest BCUT2D eigenvalue weighted by Gasteiger charge is -2.33. The van der Waals surface area contributed by atoms with Gasteiger partial charge in [-0.05, 0) is 54.3 Å². The highest BCUT2D eigenvalue weighted by molar-refractivity contribution is 6.11. The maximum absolute atomic E-state index is 14.3. The second-order valence-corrected chi connectivity index (χ2v) is 9.96. The lowest BCUT2D eigenvalue weighted by molar-refractivity contribution is -0.384. The molecule has 204 valence electrons. The molecule has 4 rings (SSSR count). The van der Waals surface area contributed by atoms with E-state index in [1.54, 1.807) is 42.5 Å². The number of ketones is 1. The van der Waals surface area contributed by atoms with Crippen LogP contribution in [0.2, 0.25) is 0 Å². The number of nitrogens with zero attached hydrogens (tertiary/aromatic N) is 2. The van der Waals surface area contributed by atoms with Gasteiger partial charge in [0.25, 0.3) is 11.6 Å². The Balaban J connectivity index is 1.88. The predicted molar refractivity (Wildman–Crippen MR) is 150 cm³/mol. The van der Waals surface area contributed by atoms with Crippen molar-refractivity contribution in [1.29, 1.82) is 0 Å². The number of hydrogen-bond donors (Lipinski definition) is 0. The molecule has 1 fully saturated rings. The molecule has 39 heavy (non-hydrogen) atoms. The standard InChI is InChI=1S/C31H34N2O6/c1-21-9-7-8-12-26(21)31(35)32(25-17-18-28(38-2)29(20-25)39-3)30(23-13-15-24(16-14-23)33(36)37)27(34)19-22-10-5-4-6-11-22/h7-9,12-18,20,22,30H,4-6,10-11,19H2,1-3H3. The number of nitro groups is 1. The third-order valence-corrected chi connectivity index (χ3v) is 7.44. The first kappa shape index (κ1) is 27.8. The Kier molecular flexibility index (Phi) is 8.96. The maximum atomic E-state index is 14.3. The molecule has 0 radical (unpaired) electrons. The quantitative estimate of drug-likeness (QED) is 0.210. The van der Waals surface area contributed by atoms with Crippen molar-refractivity contribution in [2.24, 2.45) is 5.92 Å². The molecule has 1 amide bonds. The molecule has 0 saturated heterocycles. The van der Waals surface area contributed by atoms with Crippen molar-refractivity contribution < 1.29 is 24.0 Å². The van der Waals surface area contributed by atoms with Crippen LogP contribution in [0.1, 0.15) is 66.1 Å². The highest BCUT2D eigenvalue weighted by Gasteiger charge is 2.35. The Morgan fingerprint density at radius 1 is 0.949 bits per heavy atom. The number of benzene rings is 3. The predicted octanol–water partition coefficient (Wildman–Crippen LogP) is 6.85. The number of amides is 1. The molecule has 8 nitrogen and oxygen atoms in total. The molecule has 0 bridgehead atoms. The molecule has 0 spiro atoms. The van der Waals surface area contributed by atoms with Gasteiger partial charge in [0.1, 0.15) is 6.04 Å². The fourth-order valence-electron chi connectivity index (χ4n) is 5.35. The first-order valence-corrected chi connectivity index (χ1v) is 13.2. The Hall–Kier alpha value is -4.20. The van der Waals surface area contributed by atoms with Crippen molar-refractivity contribution in [1.82, 2.24) is 0 Å². The molecule has 1 atom stereocenters. The number of anilines is 1. The van der Waals surface area contributed by atoms with E-state index >= 15 is 0 Å². The zero-order valence-electron chi connectivity index (χ0n) is 22.6. The van der Waals surface area contributed by atoms with E-state index in [2.05, 4.69) is 0 Å². The number of rotatable bonds is 10.